The van der Waals surface area contributed by atoms with Gasteiger partial charge in [0.2, 0.25) is 5.78 Å². The highest BCUT2D eigenvalue weighted by Crippen LogP contribution is 2.26. The number of aromatic nitrogens is 2. The normalized spacial score (nSPS) is 11.1. The molecule has 0 radical (unpaired) electrons. The zero-order valence-electron chi connectivity index (χ0n) is 22.9. The van der Waals surface area contributed by atoms with E-state index in [1.54, 1.807) is 62.8 Å². The van der Waals surface area contributed by atoms with Gasteiger partial charge in [0.25, 0.3) is 0 Å². The lowest BCUT2D eigenvalue weighted by molar-refractivity contribution is -0.152. The maximum Gasteiger partial charge on any atom is 0.347 e. The number of hydrogen-bond donors (Lipinski definition) is 1. The average molecular weight is 545 g/mol. The van der Waals surface area contributed by atoms with E-state index in [1.807, 2.05) is 35.0 Å². The molecule has 0 amide bonds. The van der Waals surface area contributed by atoms with E-state index in [4.69, 9.17) is 23.9 Å². The number of carbonyl (C=O) groups is 2. The number of rotatable bonds is 13. The molecule has 1 aromatic heterocycles. The van der Waals surface area contributed by atoms with Crippen molar-refractivity contribution < 1.29 is 33.6 Å². The Morgan fingerprint density at radius 3 is 2.25 bits per heavy atom. The van der Waals surface area contributed by atoms with Crippen molar-refractivity contribution in [3.05, 3.63) is 90.4 Å². The Labute approximate surface area is 232 Å². The minimum Gasteiger partial charge on any atom is -0.497 e. The number of aryl methyl sites for hydroxylation is 1. The van der Waals surface area contributed by atoms with Crippen LogP contribution in [0.3, 0.4) is 0 Å². The van der Waals surface area contributed by atoms with Crippen LogP contribution in [0, 0.1) is 0 Å². The molecule has 1 N–H and O–H groups in total. The van der Waals surface area contributed by atoms with Crippen molar-refractivity contribution in [3.8, 4) is 34.3 Å². The van der Waals surface area contributed by atoms with Crippen LogP contribution in [-0.2, 0) is 11.3 Å². The van der Waals surface area contributed by atoms with E-state index in [2.05, 4.69) is 0 Å². The molecule has 4 rings (SSSR count). The Kier molecular flexibility index (Phi) is 8.73. The van der Waals surface area contributed by atoms with Gasteiger partial charge in [-0.25, -0.2) is 9.78 Å². The van der Waals surface area contributed by atoms with E-state index < -0.39 is 11.6 Å². The van der Waals surface area contributed by atoms with Crippen LogP contribution < -0.4 is 18.9 Å². The molecular weight excluding hydrogens is 512 g/mol. The van der Waals surface area contributed by atoms with Gasteiger partial charge in [-0.2, -0.15) is 0 Å². The molecule has 0 aliphatic heterocycles. The SMILES string of the molecule is COc1ccc(-c2cn(CCCOc3cccc(OC(C)(C)C(=O)O)c3)c(C(=O)c3cccc(OC)c3)n2)cc1. The van der Waals surface area contributed by atoms with Crippen LogP contribution in [-0.4, -0.2) is 52.8 Å². The second-order valence-corrected chi connectivity index (χ2v) is 9.53. The van der Waals surface area contributed by atoms with Crippen molar-refractivity contribution in [3.63, 3.8) is 0 Å². The van der Waals surface area contributed by atoms with Crippen LogP contribution >= 0.6 is 0 Å². The number of hydrogen-bond acceptors (Lipinski definition) is 7. The molecule has 1 heterocycles. The maximum atomic E-state index is 13.5. The third kappa shape index (κ3) is 6.79. The highest BCUT2D eigenvalue weighted by molar-refractivity contribution is 6.07. The zero-order valence-corrected chi connectivity index (χ0v) is 22.9. The van der Waals surface area contributed by atoms with Crippen LogP contribution in [0.5, 0.6) is 23.0 Å². The second kappa shape index (κ2) is 12.4. The number of carbonyl (C=O) groups excluding carboxylic acids is 1. The quantitative estimate of drug-likeness (QED) is 0.173. The number of aliphatic carboxylic acids is 1. The second-order valence-electron chi connectivity index (χ2n) is 9.53. The molecule has 208 valence electrons. The summed E-state index contributed by atoms with van der Waals surface area (Å²) in [6.45, 7) is 3.81. The fourth-order valence-corrected chi connectivity index (χ4v) is 3.95. The smallest absolute Gasteiger partial charge is 0.347 e. The van der Waals surface area contributed by atoms with Crippen LogP contribution in [0.4, 0.5) is 0 Å². The number of ketones is 1. The van der Waals surface area contributed by atoms with Crippen LogP contribution in [0.25, 0.3) is 11.3 Å². The Morgan fingerprint density at radius 1 is 0.875 bits per heavy atom. The molecule has 0 atom stereocenters. The van der Waals surface area contributed by atoms with Gasteiger partial charge in [-0.15, -0.1) is 0 Å². The molecule has 40 heavy (non-hydrogen) atoms. The summed E-state index contributed by atoms with van der Waals surface area (Å²) in [6.07, 6.45) is 2.44. The molecule has 0 saturated carbocycles. The predicted molar refractivity (Wildman–Crippen MR) is 150 cm³/mol. The Morgan fingerprint density at radius 2 is 1.55 bits per heavy atom. The Balaban J connectivity index is 1.50. The molecule has 0 fully saturated rings. The van der Waals surface area contributed by atoms with E-state index in [0.717, 1.165) is 11.3 Å². The molecule has 0 unspecified atom stereocenters. The van der Waals surface area contributed by atoms with Crippen LogP contribution in [0.15, 0.2) is 79.0 Å². The minimum absolute atomic E-state index is 0.217. The fourth-order valence-electron chi connectivity index (χ4n) is 3.95. The molecule has 0 aliphatic rings. The van der Waals surface area contributed by atoms with Gasteiger partial charge in [0.1, 0.15) is 23.0 Å². The van der Waals surface area contributed by atoms with Gasteiger partial charge in [0.15, 0.2) is 11.4 Å². The molecule has 0 bridgehead atoms. The number of imidazole rings is 1. The third-order valence-corrected chi connectivity index (χ3v) is 6.20. The van der Waals surface area contributed by atoms with E-state index >= 15 is 0 Å². The topological polar surface area (TPSA) is 109 Å². The highest BCUT2D eigenvalue weighted by atomic mass is 16.5. The third-order valence-electron chi connectivity index (χ3n) is 6.20. The summed E-state index contributed by atoms with van der Waals surface area (Å²) in [5, 5.41) is 9.31. The van der Waals surface area contributed by atoms with Crippen LogP contribution in [0.1, 0.15) is 36.5 Å². The molecule has 0 saturated heterocycles. The highest BCUT2D eigenvalue weighted by Gasteiger charge is 2.29. The number of benzene rings is 3. The van der Waals surface area contributed by atoms with Crippen molar-refractivity contribution >= 4 is 11.8 Å². The van der Waals surface area contributed by atoms with Gasteiger partial charge in [-0.1, -0.05) is 18.2 Å². The first-order chi connectivity index (χ1) is 19.2. The first kappa shape index (κ1) is 28.2. The molecule has 3 aromatic carbocycles. The summed E-state index contributed by atoms with van der Waals surface area (Å²) in [5.41, 5.74) is 0.634. The van der Waals surface area contributed by atoms with Gasteiger partial charge in [0, 0.05) is 29.9 Å². The number of carboxylic acids is 1. The van der Waals surface area contributed by atoms with Gasteiger partial charge in [-0.05, 0) is 68.8 Å². The first-order valence-corrected chi connectivity index (χ1v) is 12.8. The minimum atomic E-state index is -1.37. The van der Waals surface area contributed by atoms with Crippen molar-refractivity contribution in [1.29, 1.82) is 0 Å². The van der Waals surface area contributed by atoms with Crippen molar-refractivity contribution in [1.82, 2.24) is 9.55 Å². The lowest BCUT2D eigenvalue weighted by Gasteiger charge is -2.21. The molecule has 9 heteroatoms. The monoisotopic (exact) mass is 544 g/mol. The number of nitrogens with zero attached hydrogens (tertiary/aromatic N) is 2. The maximum absolute atomic E-state index is 13.5. The molecular formula is C31H32N2O7. The Bertz CT molecular complexity index is 1480. The zero-order chi connectivity index (χ0) is 28.7. The Hall–Kier alpha value is -4.79. The molecule has 4 aromatic rings. The van der Waals surface area contributed by atoms with Crippen molar-refractivity contribution in [2.75, 3.05) is 20.8 Å². The molecule has 0 aliphatic carbocycles. The average Bonchev–Trinajstić information content (AvgIpc) is 3.39. The van der Waals surface area contributed by atoms with Gasteiger partial charge in [0.05, 0.1) is 26.5 Å². The lowest BCUT2D eigenvalue weighted by Crippen LogP contribution is -2.37. The summed E-state index contributed by atoms with van der Waals surface area (Å²) in [6, 6.07) is 21.3. The summed E-state index contributed by atoms with van der Waals surface area (Å²) in [7, 11) is 3.16. The van der Waals surface area contributed by atoms with Crippen LogP contribution in [0.2, 0.25) is 0 Å². The van der Waals surface area contributed by atoms with E-state index in [0.29, 0.717) is 53.9 Å². The lowest BCUT2D eigenvalue weighted by atomic mass is 10.1. The predicted octanol–water partition coefficient (Wildman–Crippen LogP) is 5.51. The van der Waals surface area contributed by atoms with Crippen molar-refractivity contribution in [2.24, 2.45) is 0 Å². The fraction of sp³-hybridized carbons (Fsp3) is 0.258. The summed E-state index contributed by atoms with van der Waals surface area (Å²) in [5.74, 6) is 1.30. The van der Waals surface area contributed by atoms with Gasteiger partial charge < -0.3 is 28.6 Å². The summed E-state index contributed by atoms with van der Waals surface area (Å²) in [4.78, 5) is 29.6. The summed E-state index contributed by atoms with van der Waals surface area (Å²) < 4.78 is 23.9. The van der Waals surface area contributed by atoms with E-state index in [9.17, 15) is 14.7 Å². The largest absolute Gasteiger partial charge is 0.497 e. The molecule has 0 spiro atoms. The summed E-state index contributed by atoms with van der Waals surface area (Å²) >= 11 is 0. The van der Waals surface area contributed by atoms with Crippen molar-refractivity contribution in [2.45, 2.75) is 32.4 Å². The molecule has 9 nitrogen and oxygen atoms in total. The number of carboxylic acid groups (broad SMARTS) is 1. The number of ether oxygens (including phenoxy) is 4. The standard InChI is InChI=1S/C31H32N2O7/c1-31(2,30(35)36)40-26-11-6-10-25(19-26)39-17-7-16-33-20-27(21-12-14-23(37-3)15-13-21)32-29(33)28(34)22-8-5-9-24(18-22)38-4/h5-6,8-15,18-20H,7,16-17H2,1-4H3,(H,35,36). The van der Waals surface area contributed by atoms with Gasteiger partial charge >= 0.3 is 5.97 Å². The van der Waals surface area contributed by atoms with E-state index in [1.165, 1.54) is 13.8 Å². The van der Waals surface area contributed by atoms with E-state index in [-0.39, 0.29) is 5.78 Å². The number of methoxy groups -OCH3 is 2. The first-order valence-electron chi connectivity index (χ1n) is 12.8. The van der Waals surface area contributed by atoms with Gasteiger partial charge in [-0.3, -0.25) is 4.79 Å².